The van der Waals surface area contributed by atoms with Crippen LogP contribution in [0.15, 0.2) is 78.1 Å². The number of aromatic nitrogens is 2. The highest BCUT2D eigenvalue weighted by Gasteiger charge is 2.34. The smallest absolute Gasteiger partial charge is 0.416 e. The third-order valence-electron chi connectivity index (χ3n) is 5.34. The molecule has 12 heteroatoms. The third-order valence-corrected chi connectivity index (χ3v) is 7.10. The van der Waals surface area contributed by atoms with Gasteiger partial charge in [0.25, 0.3) is 10.0 Å². The second-order valence-corrected chi connectivity index (χ2v) is 9.47. The Kier molecular flexibility index (Phi) is 6.55. The van der Waals surface area contributed by atoms with Crippen molar-refractivity contribution >= 4 is 32.6 Å². The summed E-state index contributed by atoms with van der Waals surface area (Å²) in [5.41, 5.74) is -1.62. The van der Waals surface area contributed by atoms with E-state index in [0.717, 1.165) is 28.7 Å². The van der Waals surface area contributed by atoms with Crippen molar-refractivity contribution in [3.63, 3.8) is 0 Å². The maximum Gasteiger partial charge on any atom is 0.416 e. The van der Waals surface area contributed by atoms with Gasteiger partial charge in [-0.2, -0.15) is 13.2 Å². The molecule has 4 rings (SSSR count). The molecule has 0 amide bonds. The van der Waals surface area contributed by atoms with E-state index in [4.69, 9.17) is 4.74 Å². The van der Waals surface area contributed by atoms with E-state index in [0.29, 0.717) is 11.3 Å². The molecular formula is C24H18F3N3O5S. The topological polar surface area (TPSA) is 110 Å². The summed E-state index contributed by atoms with van der Waals surface area (Å²) in [5, 5.41) is 9.78. The molecule has 2 heterocycles. The number of hydrogen-bond donors (Lipinski definition) is 1. The molecule has 4 aromatic rings. The summed E-state index contributed by atoms with van der Waals surface area (Å²) >= 11 is 0. The maximum absolute atomic E-state index is 13.9. The standard InChI is InChI=1S/C24H18F3N3O5S/c1-35-17-5-7-18(8-6-17)36(33,34)30(14-15-3-2-10-28-12-15)22-19-9-4-16(24(25,26)27)11-21(19)29-13-20(22)23(31)32/h2-13H,14H2,1H3,(H,31,32). The van der Waals surface area contributed by atoms with Crippen LogP contribution >= 0.6 is 0 Å². The number of aromatic carboxylic acids is 1. The van der Waals surface area contributed by atoms with Crippen LogP contribution in [0.4, 0.5) is 18.9 Å². The SMILES string of the molecule is COc1ccc(S(=O)(=O)N(Cc2cccnc2)c2c(C(=O)O)cnc3cc(C(F)(F)F)ccc23)cc1. The number of benzene rings is 2. The predicted molar refractivity (Wildman–Crippen MR) is 124 cm³/mol. The highest BCUT2D eigenvalue weighted by atomic mass is 32.2. The van der Waals surface area contributed by atoms with Crippen molar-refractivity contribution in [1.82, 2.24) is 9.97 Å². The van der Waals surface area contributed by atoms with Crippen LogP contribution in [0.5, 0.6) is 5.75 Å². The highest BCUT2D eigenvalue weighted by molar-refractivity contribution is 7.92. The second-order valence-electron chi connectivity index (χ2n) is 7.60. The number of alkyl halides is 3. The van der Waals surface area contributed by atoms with Crippen LogP contribution in [0.3, 0.4) is 0 Å². The van der Waals surface area contributed by atoms with Gasteiger partial charge in [0.15, 0.2) is 0 Å². The van der Waals surface area contributed by atoms with Gasteiger partial charge in [-0.3, -0.25) is 14.3 Å². The van der Waals surface area contributed by atoms with Crippen molar-refractivity contribution in [1.29, 1.82) is 0 Å². The lowest BCUT2D eigenvalue weighted by atomic mass is 10.1. The molecule has 0 spiro atoms. The van der Waals surface area contributed by atoms with Crippen molar-refractivity contribution in [2.75, 3.05) is 11.4 Å². The van der Waals surface area contributed by atoms with Crippen molar-refractivity contribution < 1.29 is 36.2 Å². The van der Waals surface area contributed by atoms with Gasteiger partial charge in [-0.05, 0) is 48.0 Å². The Hall–Kier alpha value is -4.19. The van der Waals surface area contributed by atoms with E-state index < -0.39 is 33.3 Å². The Morgan fingerprint density at radius 3 is 2.39 bits per heavy atom. The van der Waals surface area contributed by atoms with Crippen LogP contribution in [0, 0.1) is 0 Å². The Morgan fingerprint density at radius 2 is 1.81 bits per heavy atom. The van der Waals surface area contributed by atoms with Gasteiger partial charge in [0, 0.05) is 24.0 Å². The van der Waals surface area contributed by atoms with E-state index in [1.807, 2.05) is 0 Å². The van der Waals surface area contributed by atoms with E-state index in [9.17, 15) is 31.5 Å². The Bertz CT molecular complexity index is 1530. The number of fused-ring (bicyclic) bond motifs is 1. The maximum atomic E-state index is 13.9. The number of sulfonamides is 1. The first-order valence-corrected chi connectivity index (χ1v) is 11.8. The molecule has 0 saturated heterocycles. The minimum Gasteiger partial charge on any atom is -0.497 e. The lowest BCUT2D eigenvalue weighted by Gasteiger charge is -2.27. The molecule has 8 nitrogen and oxygen atoms in total. The van der Waals surface area contributed by atoms with Gasteiger partial charge >= 0.3 is 12.1 Å². The van der Waals surface area contributed by atoms with E-state index in [1.54, 1.807) is 12.1 Å². The molecule has 0 bridgehead atoms. The molecule has 0 atom stereocenters. The molecule has 2 aromatic heterocycles. The first kappa shape index (κ1) is 24.9. The first-order chi connectivity index (χ1) is 17.0. The van der Waals surface area contributed by atoms with Crippen molar-refractivity contribution in [2.45, 2.75) is 17.6 Å². The van der Waals surface area contributed by atoms with Crippen molar-refractivity contribution in [2.24, 2.45) is 0 Å². The average Bonchev–Trinajstić information content (AvgIpc) is 2.86. The number of carbonyl (C=O) groups is 1. The number of carboxylic acids is 1. The Balaban J connectivity index is 2.01. The van der Waals surface area contributed by atoms with E-state index in [1.165, 1.54) is 43.8 Å². The molecule has 36 heavy (non-hydrogen) atoms. The molecule has 0 saturated carbocycles. The van der Waals surface area contributed by atoms with Crippen LogP contribution in [-0.2, 0) is 22.7 Å². The van der Waals surface area contributed by atoms with Crippen LogP contribution in [0.2, 0.25) is 0 Å². The van der Waals surface area contributed by atoms with Crippen LogP contribution < -0.4 is 9.04 Å². The molecule has 2 aromatic carbocycles. The fourth-order valence-corrected chi connectivity index (χ4v) is 5.09. The van der Waals surface area contributed by atoms with Crippen molar-refractivity contribution in [3.8, 4) is 5.75 Å². The summed E-state index contributed by atoms with van der Waals surface area (Å²) in [6, 6.07) is 11.1. The number of carboxylic acid groups (broad SMARTS) is 1. The summed E-state index contributed by atoms with van der Waals surface area (Å²) in [5.74, 6) is -1.10. The minimum absolute atomic E-state index is 0.0797. The van der Waals surface area contributed by atoms with Gasteiger partial charge in [-0.1, -0.05) is 12.1 Å². The van der Waals surface area contributed by atoms with Crippen LogP contribution in [0.25, 0.3) is 10.9 Å². The number of halogens is 3. The summed E-state index contributed by atoms with van der Waals surface area (Å²) in [6.07, 6.45) is -0.941. The zero-order valence-corrected chi connectivity index (χ0v) is 19.4. The van der Waals surface area contributed by atoms with Gasteiger partial charge < -0.3 is 9.84 Å². The second kappa shape index (κ2) is 9.46. The van der Waals surface area contributed by atoms with E-state index >= 15 is 0 Å². The number of anilines is 1. The molecule has 0 aliphatic carbocycles. The Morgan fingerprint density at radius 1 is 1.08 bits per heavy atom. The van der Waals surface area contributed by atoms with Crippen LogP contribution in [0.1, 0.15) is 21.5 Å². The number of nitrogens with zero attached hydrogens (tertiary/aromatic N) is 3. The fraction of sp³-hybridized carbons (Fsp3) is 0.125. The predicted octanol–water partition coefficient (Wildman–Crippen LogP) is 4.75. The van der Waals surface area contributed by atoms with Gasteiger partial charge in [-0.15, -0.1) is 0 Å². The number of pyridine rings is 2. The third kappa shape index (κ3) is 4.80. The largest absolute Gasteiger partial charge is 0.497 e. The Labute approximate surface area is 203 Å². The normalized spacial score (nSPS) is 11.9. The molecule has 0 radical (unpaired) electrons. The molecule has 0 aliphatic heterocycles. The average molecular weight is 517 g/mol. The van der Waals surface area contributed by atoms with E-state index in [-0.39, 0.29) is 28.0 Å². The summed E-state index contributed by atoms with van der Waals surface area (Å²) in [7, 11) is -3.01. The minimum atomic E-state index is -4.67. The molecular weight excluding hydrogens is 499 g/mol. The van der Waals surface area contributed by atoms with E-state index in [2.05, 4.69) is 9.97 Å². The van der Waals surface area contributed by atoms with Gasteiger partial charge in [0.2, 0.25) is 0 Å². The summed E-state index contributed by atoms with van der Waals surface area (Å²) in [6.45, 7) is -0.345. The zero-order valence-electron chi connectivity index (χ0n) is 18.6. The first-order valence-electron chi connectivity index (χ1n) is 10.3. The van der Waals surface area contributed by atoms with Gasteiger partial charge in [0.1, 0.15) is 11.3 Å². The quantitative estimate of drug-likeness (QED) is 0.377. The molecule has 1 N–H and O–H groups in total. The molecule has 0 aliphatic rings. The zero-order chi connectivity index (χ0) is 26.1. The highest BCUT2D eigenvalue weighted by Crippen LogP contribution is 2.38. The number of ether oxygens (including phenoxy) is 1. The molecule has 186 valence electrons. The monoisotopic (exact) mass is 517 g/mol. The summed E-state index contributed by atoms with van der Waals surface area (Å²) < 4.78 is 73.5. The molecule has 0 unspecified atom stereocenters. The number of hydrogen-bond acceptors (Lipinski definition) is 6. The number of rotatable bonds is 7. The van der Waals surface area contributed by atoms with Gasteiger partial charge in [-0.25, -0.2) is 13.2 Å². The fourth-order valence-electron chi connectivity index (χ4n) is 3.60. The van der Waals surface area contributed by atoms with Crippen molar-refractivity contribution in [3.05, 3.63) is 89.9 Å². The van der Waals surface area contributed by atoms with Crippen LogP contribution in [-0.4, -0.2) is 36.6 Å². The lowest BCUT2D eigenvalue weighted by Crippen LogP contribution is -2.32. The number of methoxy groups -OCH3 is 1. The summed E-state index contributed by atoms with van der Waals surface area (Å²) in [4.78, 5) is 19.8. The van der Waals surface area contributed by atoms with Gasteiger partial charge in [0.05, 0.1) is 35.3 Å². The molecule has 0 fully saturated rings. The lowest BCUT2D eigenvalue weighted by molar-refractivity contribution is -0.137.